The molecule has 2 heterocycles. The van der Waals surface area contributed by atoms with E-state index in [9.17, 15) is 14.4 Å². The summed E-state index contributed by atoms with van der Waals surface area (Å²) in [6, 6.07) is 10.9. The van der Waals surface area contributed by atoms with Gasteiger partial charge in [0.25, 0.3) is 11.5 Å². The minimum absolute atomic E-state index is 0.0288. The van der Waals surface area contributed by atoms with Gasteiger partial charge < -0.3 is 10.2 Å². The van der Waals surface area contributed by atoms with E-state index in [2.05, 4.69) is 15.5 Å². The van der Waals surface area contributed by atoms with Gasteiger partial charge in [0.05, 0.1) is 5.69 Å². The highest BCUT2D eigenvalue weighted by Gasteiger charge is 2.30. The first kappa shape index (κ1) is 18.4. The molecule has 7 nitrogen and oxygen atoms in total. The number of rotatable bonds is 3. The van der Waals surface area contributed by atoms with Crippen molar-refractivity contribution >= 4 is 11.8 Å². The van der Waals surface area contributed by atoms with Gasteiger partial charge in [-0.15, -0.1) is 0 Å². The van der Waals surface area contributed by atoms with Crippen LogP contribution in [0, 0.1) is 5.92 Å². The molecule has 4 rings (SSSR count). The number of aromatic amines is 1. The molecule has 0 saturated carbocycles. The van der Waals surface area contributed by atoms with E-state index in [1.165, 1.54) is 0 Å². The fourth-order valence-corrected chi connectivity index (χ4v) is 4.09. The minimum Gasteiger partial charge on any atom is -0.353 e. The quantitative estimate of drug-likeness (QED) is 0.839. The van der Waals surface area contributed by atoms with Gasteiger partial charge in [0.15, 0.2) is 0 Å². The summed E-state index contributed by atoms with van der Waals surface area (Å²) in [4.78, 5) is 38.5. The Hall–Kier alpha value is -2.96. The third-order valence-electron chi connectivity index (χ3n) is 5.69. The van der Waals surface area contributed by atoms with Crippen LogP contribution in [0.25, 0.3) is 0 Å². The molecule has 1 aliphatic heterocycles. The average Bonchev–Trinajstić information content (AvgIpc) is 2.73. The van der Waals surface area contributed by atoms with E-state index in [-0.39, 0.29) is 29.3 Å². The van der Waals surface area contributed by atoms with Crippen molar-refractivity contribution in [2.75, 3.05) is 13.1 Å². The highest BCUT2D eigenvalue weighted by atomic mass is 16.2. The third-order valence-corrected chi connectivity index (χ3v) is 5.69. The normalized spacial score (nSPS) is 19.7. The summed E-state index contributed by atoms with van der Waals surface area (Å²) in [6.07, 6.45) is 3.57. The summed E-state index contributed by atoms with van der Waals surface area (Å²) in [7, 11) is 0. The first-order valence-electron chi connectivity index (χ1n) is 9.82. The van der Waals surface area contributed by atoms with Crippen LogP contribution in [0.3, 0.4) is 0 Å². The van der Waals surface area contributed by atoms with Gasteiger partial charge in [-0.1, -0.05) is 18.2 Å². The number of amides is 2. The Bertz CT molecular complexity index is 917. The number of carbonyl (C=O) groups excluding carboxylic acids is 2. The number of fused-ring (bicyclic) bond motifs is 1. The summed E-state index contributed by atoms with van der Waals surface area (Å²) in [6.45, 7) is 1.19. The largest absolute Gasteiger partial charge is 0.353 e. The fourth-order valence-electron chi connectivity index (χ4n) is 4.09. The van der Waals surface area contributed by atoms with Crippen LogP contribution in [0.4, 0.5) is 0 Å². The molecule has 1 aliphatic carbocycles. The van der Waals surface area contributed by atoms with Crippen LogP contribution in [0.2, 0.25) is 0 Å². The lowest BCUT2D eigenvalue weighted by atomic mass is 9.90. The second kappa shape index (κ2) is 7.96. The summed E-state index contributed by atoms with van der Waals surface area (Å²) >= 11 is 0. The van der Waals surface area contributed by atoms with E-state index < -0.39 is 0 Å². The zero-order valence-electron chi connectivity index (χ0n) is 15.7. The van der Waals surface area contributed by atoms with Crippen LogP contribution in [0.5, 0.6) is 0 Å². The van der Waals surface area contributed by atoms with Gasteiger partial charge in [-0.05, 0) is 49.8 Å². The molecule has 2 N–H and O–H groups in total. The van der Waals surface area contributed by atoms with Crippen molar-refractivity contribution in [2.45, 2.75) is 38.1 Å². The highest BCUT2D eigenvalue weighted by Crippen LogP contribution is 2.22. The smallest absolute Gasteiger partial charge is 0.264 e. The molecule has 1 aromatic carbocycles. The molecule has 0 radical (unpaired) electrons. The lowest BCUT2D eigenvalue weighted by molar-refractivity contribution is -0.127. The fraction of sp³-hybridized carbons (Fsp3) is 0.429. The van der Waals surface area contributed by atoms with Crippen LogP contribution < -0.4 is 10.9 Å². The van der Waals surface area contributed by atoms with Gasteiger partial charge in [0.2, 0.25) is 5.91 Å². The van der Waals surface area contributed by atoms with Crippen LogP contribution in [-0.2, 0) is 17.6 Å². The van der Waals surface area contributed by atoms with E-state index in [0.29, 0.717) is 37.9 Å². The standard InChI is InChI=1S/C21H24N4O3/c26-19-13-16-12-17(6-7-18(16)23-24-19)22-20(27)14-8-10-25(11-9-14)21(28)15-4-2-1-3-5-15/h1-5,13-14,17H,6-12H2,(H,22,27)(H,24,26). The zero-order chi connectivity index (χ0) is 19.5. The monoisotopic (exact) mass is 380 g/mol. The zero-order valence-corrected chi connectivity index (χ0v) is 15.7. The molecule has 0 spiro atoms. The Labute approximate surface area is 163 Å². The Morgan fingerprint density at radius 3 is 2.61 bits per heavy atom. The Kier molecular flexibility index (Phi) is 5.23. The maximum atomic E-state index is 12.7. The number of carbonyl (C=O) groups is 2. The minimum atomic E-state index is -0.207. The lowest BCUT2D eigenvalue weighted by Crippen LogP contribution is -2.46. The van der Waals surface area contributed by atoms with Crippen molar-refractivity contribution in [3.05, 3.63) is 63.6 Å². The second-order valence-electron chi connectivity index (χ2n) is 7.58. The molecule has 1 atom stereocenters. The number of nitrogens with zero attached hydrogens (tertiary/aromatic N) is 2. The van der Waals surface area contributed by atoms with Crippen LogP contribution in [-0.4, -0.2) is 46.0 Å². The molecule has 1 saturated heterocycles. The predicted octanol–water partition coefficient (Wildman–Crippen LogP) is 1.30. The summed E-state index contributed by atoms with van der Waals surface area (Å²) in [5, 5.41) is 9.69. The van der Waals surface area contributed by atoms with Crippen molar-refractivity contribution in [3.63, 3.8) is 0 Å². The molecule has 7 heteroatoms. The highest BCUT2D eigenvalue weighted by molar-refractivity contribution is 5.94. The Balaban J connectivity index is 1.30. The molecule has 1 fully saturated rings. The molecule has 28 heavy (non-hydrogen) atoms. The first-order valence-corrected chi connectivity index (χ1v) is 9.82. The predicted molar refractivity (Wildman–Crippen MR) is 104 cm³/mol. The van der Waals surface area contributed by atoms with Crippen molar-refractivity contribution in [1.29, 1.82) is 0 Å². The van der Waals surface area contributed by atoms with E-state index >= 15 is 0 Å². The maximum Gasteiger partial charge on any atom is 0.264 e. The summed E-state index contributed by atoms with van der Waals surface area (Å²) < 4.78 is 0. The number of likely N-dealkylation sites (tertiary alicyclic amines) is 1. The molecule has 2 aromatic rings. The van der Waals surface area contributed by atoms with Gasteiger partial charge in [-0.2, -0.15) is 5.10 Å². The Morgan fingerprint density at radius 2 is 1.86 bits per heavy atom. The van der Waals surface area contributed by atoms with Gasteiger partial charge in [-0.3, -0.25) is 14.4 Å². The summed E-state index contributed by atoms with van der Waals surface area (Å²) in [5.41, 5.74) is 2.32. The number of benzene rings is 1. The molecule has 1 unspecified atom stereocenters. The number of nitrogens with one attached hydrogen (secondary N) is 2. The van der Waals surface area contributed by atoms with E-state index in [1.807, 2.05) is 35.2 Å². The molecule has 1 aromatic heterocycles. The number of hydrogen-bond acceptors (Lipinski definition) is 4. The molecule has 2 aliphatic rings. The third kappa shape index (κ3) is 3.98. The SMILES string of the molecule is O=C(NC1CCc2n[nH]c(=O)cc2C1)C1CCN(C(=O)c2ccccc2)CC1. The van der Waals surface area contributed by atoms with Crippen LogP contribution in [0.15, 0.2) is 41.2 Å². The second-order valence-corrected chi connectivity index (χ2v) is 7.58. The first-order chi connectivity index (χ1) is 13.6. The number of aromatic nitrogens is 2. The van der Waals surface area contributed by atoms with Crippen LogP contribution >= 0.6 is 0 Å². The van der Waals surface area contributed by atoms with Gasteiger partial charge in [-0.25, -0.2) is 5.10 Å². The van der Waals surface area contributed by atoms with E-state index in [0.717, 1.165) is 24.1 Å². The Morgan fingerprint density at radius 1 is 1.11 bits per heavy atom. The van der Waals surface area contributed by atoms with Crippen molar-refractivity contribution in [1.82, 2.24) is 20.4 Å². The number of aryl methyl sites for hydroxylation is 1. The molecular weight excluding hydrogens is 356 g/mol. The van der Waals surface area contributed by atoms with Crippen molar-refractivity contribution in [2.24, 2.45) is 5.92 Å². The molecule has 0 bridgehead atoms. The van der Waals surface area contributed by atoms with Crippen LogP contribution in [0.1, 0.15) is 40.9 Å². The number of hydrogen-bond donors (Lipinski definition) is 2. The van der Waals surface area contributed by atoms with E-state index in [4.69, 9.17) is 0 Å². The number of H-pyrrole nitrogens is 1. The molecular formula is C21H24N4O3. The number of piperidine rings is 1. The maximum absolute atomic E-state index is 12.7. The lowest BCUT2D eigenvalue weighted by Gasteiger charge is -2.33. The van der Waals surface area contributed by atoms with Crippen molar-refractivity contribution < 1.29 is 9.59 Å². The molecule has 146 valence electrons. The molecule has 2 amide bonds. The van der Waals surface area contributed by atoms with Gasteiger partial charge in [0, 0.05) is 36.7 Å². The average molecular weight is 380 g/mol. The summed E-state index contributed by atoms with van der Waals surface area (Å²) in [5.74, 6) is 0.0117. The van der Waals surface area contributed by atoms with Crippen molar-refractivity contribution in [3.8, 4) is 0 Å². The topological polar surface area (TPSA) is 95.2 Å². The van der Waals surface area contributed by atoms with Gasteiger partial charge >= 0.3 is 0 Å². The van der Waals surface area contributed by atoms with E-state index in [1.54, 1.807) is 6.07 Å². The van der Waals surface area contributed by atoms with Gasteiger partial charge in [0.1, 0.15) is 0 Å².